The fourth-order valence-corrected chi connectivity index (χ4v) is 3.24. The number of aromatic nitrogens is 1. The monoisotopic (exact) mass is 411 g/mol. The van der Waals surface area contributed by atoms with Crippen LogP contribution in [0.15, 0.2) is 47.6 Å². The van der Waals surface area contributed by atoms with Gasteiger partial charge < -0.3 is 25.0 Å². The Balaban J connectivity index is 1.51. The topological polar surface area (TPSA) is 71.0 Å². The lowest BCUT2D eigenvalue weighted by Gasteiger charge is -2.32. The zero-order valence-corrected chi connectivity index (χ0v) is 18.2. The van der Waals surface area contributed by atoms with E-state index >= 15 is 0 Å². The minimum atomic E-state index is 0.230. The molecule has 1 aromatic heterocycles. The molecule has 1 saturated heterocycles. The van der Waals surface area contributed by atoms with Crippen LogP contribution >= 0.6 is 0 Å². The van der Waals surface area contributed by atoms with E-state index in [-0.39, 0.29) is 6.10 Å². The number of aryl methyl sites for hydroxylation is 1. The van der Waals surface area contributed by atoms with Crippen molar-refractivity contribution in [3.8, 4) is 5.75 Å². The summed E-state index contributed by atoms with van der Waals surface area (Å²) in [5.74, 6) is 2.65. The smallest absolute Gasteiger partial charge is 0.191 e. The maximum absolute atomic E-state index is 5.77. The summed E-state index contributed by atoms with van der Waals surface area (Å²) >= 11 is 0. The number of hydrogen-bond donors (Lipinski definition) is 2. The van der Waals surface area contributed by atoms with Gasteiger partial charge in [-0.25, -0.2) is 9.98 Å². The number of nitrogens with zero attached hydrogens (tertiary/aromatic N) is 3. The van der Waals surface area contributed by atoms with Crippen molar-refractivity contribution in [3.63, 3.8) is 0 Å². The Morgan fingerprint density at radius 2 is 2.10 bits per heavy atom. The standard InChI is InChI=1S/C23H33N5O2/c1-4-24-23(26-11-13-30-21-7-5-18(2)6-8-21)27-16-20-9-10-25-22(15-20)28-12-14-29-19(3)17-28/h5-10,15,19H,4,11-14,16-17H2,1-3H3,(H2,24,26,27). The van der Waals surface area contributed by atoms with Crippen LogP contribution in [-0.4, -0.2) is 56.4 Å². The molecule has 1 unspecified atom stereocenters. The van der Waals surface area contributed by atoms with E-state index in [1.807, 2.05) is 24.4 Å². The molecule has 30 heavy (non-hydrogen) atoms. The molecule has 0 radical (unpaired) electrons. The van der Waals surface area contributed by atoms with Gasteiger partial charge in [-0.3, -0.25) is 0 Å². The van der Waals surface area contributed by atoms with Gasteiger partial charge >= 0.3 is 0 Å². The largest absolute Gasteiger partial charge is 0.492 e. The summed E-state index contributed by atoms with van der Waals surface area (Å²) in [6.45, 7) is 11.3. The number of ether oxygens (including phenoxy) is 2. The molecule has 0 aliphatic carbocycles. The molecule has 0 amide bonds. The van der Waals surface area contributed by atoms with E-state index in [1.54, 1.807) is 0 Å². The molecule has 0 spiro atoms. The first-order valence-corrected chi connectivity index (χ1v) is 10.7. The van der Waals surface area contributed by atoms with Gasteiger partial charge in [0, 0.05) is 25.8 Å². The highest BCUT2D eigenvalue weighted by Gasteiger charge is 2.17. The van der Waals surface area contributed by atoms with Crippen LogP contribution in [-0.2, 0) is 11.3 Å². The van der Waals surface area contributed by atoms with Crippen LogP contribution in [0.2, 0.25) is 0 Å². The molecular weight excluding hydrogens is 378 g/mol. The predicted molar refractivity (Wildman–Crippen MR) is 121 cm³/mol. The molecule has 7 heteroatoms. The molecule has 2 aromatic rings. The maximum atomic E-state index is 5.77. The predicted octanol–water partition coefficient (Wildman–Crippen LogP) is 2.75. The molecule has 0 saturated carbocycles. The Morgan fingerprint density at radius 3 is 2.87 bits per heavy atom. The summed E-state index contributed by atoms with van der Waals surface area (Å²) in [5, 5.41) is 6.61. The second-order valence-electron chi connectivity index (χ2n) is 7.43. The molecule has 7 nitrogen and oxygen atoms in total. The van der Waals surface area contributed by atoms with Gasteiger partial charge in [-0.15, -0.1) is 0 Å². The highest BCUT2D eigenvalue weighted by atomic mass is 16.5. The summed E-state index contributed by atoms with van der Waals surface area (Å²) in [5.41, 5.74) is 2.36. The number of nitrogens with one attached hydrogen (secondary N) is 2. The molecule has 1 aromatic carbocycles. The normalized spacial score (nSPS) is 17.0. The van der Waals surface area contributed by atoms with Crippen LogP contribution in [0.1, 0.15) is 25.0 Å². The average molecular weight is 412 g/mol. The maximum Gasteiger partial charge on any atom is 0.191 e. The molecule has 1 atom stereocenters. The van der Waals surface area contributed by atoms with Crippen molar-refractivity contribution < 1.29 is 9.47 Å². The minimum Gasteiger partial charge on any atom is -0.492 e. The molecule has 1 fully saturated rings. The summed E-state index contributed by atoms with van der Waals surface area (Å²) in [4.78, 5) is 11.5. The number of hydrogen-bond acceptors (Lipinski definition) is 5. The van der Waals surface area contributed by atoms with E-state index in [0.29, 0.717) is 19.7 Å². The lowest BCUT2D eigenvalue weighted by molar-refractivity contribution is 0.0529. The molecule has 2 heterocycles. The van der Waals surface area contributed by atoms with E-state index in [0.717, 1.165) is 49.3 Å². The zero-order valence-electron chi connectivity index (χ0n) is 18.2. The lowest BCUT2D eigenvalue weighted by atomic mass is 10.2. The van der Waals surface area contributed by atoms with E-state index < -0.39 is 0 Å². The van der Waals surface area contributed by atoms with E-state index in [1.165, 1.54) is 5.56 Å². The highest BCUT2D eigenvalue weighted by Crippen LogP contribution is 2.17. The Labute approximate surface area is 179 Å². The number of guanidine groups is 1. The number of pyridine rings is 1. The Morgan fingerprint density at radius 1 is 1.27 bits per heavy atom. The quantitative estimate of drug-likeness (QED) is 0.395. The molecule has 3 rings (SSSR count). The van der Waals surface area contributed by atoms with Crippen molar-refractivity contribution in [1.29, 1.82) is 0 Å². The zero-order chi connectivity index (χ0) is 21.2. The molecule has 162 valence electrons. The van der Waals surface area contributed by atoms with Crippen molar-refractivity contribution in [2.75, 3.05) is 44.3 Å². The Hall–Kier alpha value is -2.80. The number of morpholine rings is 1. The molecule has 0 bridgehead atoms. The van der Waals surface area contributed by atoms with Crippen LogP contribution in [0.25, 0.3) is 0 Å². The number of benzene rings is 1. The third kappa shape index (κ3) is 6.91. The first-order valence-electron chi connectivity index (χ1n) is 10.7. The van der Waals surface area contributed by atoms with Crippen molar-refractivity contribution in [3.05, 3.63) is 53.7 Å². The van der Waals surface area contributed by atoms with E-state index in [2.05, 4.69) is 59.5 Å². The van der Waals surface area contributed by atoms with Crippen molar-refractivity contribution in [1.82, 2.24) is 15.6 Å². The summed E-state index contributed by atoms with van der Waals surface area (Å²) in [6.07, 6.45) is 2.09. The van der Waals surface area contributed by atoms with Crippen molar-refractivity contribution >= 4 is 11.8 Å². The fraction of sp³-hybridized carbons (Fsp3) is 0.478. The van der Waals surface area contributed by atoms with E-state index in [4.69, 9.17) is 14.5 Å². The van der Waals surface area contributed by atoms with E-state index in [9.17, 15) is 0 Å². The van der Waals surface area contributed by atoms with Gasteiger partial charge in [0.2, 0.25) is 0 Å². The molecule has 1 aliphatic heterocycles. The Kier molecular flexibility index (Phi) is 8.32. The van der Waals surface area contributed by atoms with Gasteiger partial charge in [-0.1, -0.05) is 17.7 Å². The highest BCUT2D eigenvalue weighted by molar-refractivity contribution is 5.79. The third-order valence-corrected chi connectivity index (χ3v) is 4.82. The second kappa shape index (κ2) is 11.4. The first kappa shape index (κ1) is 21.9. The second-order valence-corrected chi connectivity index (χ2v) is 7.43. The summed E-state index contributed by atoms with van der Waals surface area (Å²) < 4.78 is 11.4. The van der Waals surface area contributed by atoms with Crippen molar-refractivity contribution in [2.45, 2.75) is 33.4 Å². The number of anilines is 1. The van der Waals surface area contributed by atoms with Gasteiger partial charge in [0.25, 0.3) is 0 Å². The van der Waals surface area contributed by atoms with Crippen LogP contribution in [0.4, 0.5) is 5.82 Å². The number of rotatable bonds is 8. The molecule has 2 N–H and O–H groups in total. The van der Waals surface area contributed by atoms with Crippen molar-refractivity contribution in [2.24, 2.45) is 4.99 Å². The number of aliphatic imine (C=N–C) groups is 1. The van der Waals surface area contributed by atoms with Crippen LogP contribution in [0.3, 0.4) is 0 Å². The van der Waals surface area contributed by atoms with Crippen LogP contribution in [0.5, 0.6) is 5.75 Å². The van der Waals surface area contributed by atoms with Gasteiger partial charge in [0.05, 0.1) is 25.8 Å². The first-order chi connectivity index (χ1) is 14.6. The SMILES string of the molecule is CCNC(=NCc1ccnc(N2CCOC(C)C2)c1)NCCOc1ccc(C)cc1. The van der Waals surface area contributed by atoms with Crippen LogP contribution < -0.4 is 20.3 Å². The summed E-state index contributed by atoms with van der Waals surface area (Å²) in [7, 11) is 0. The average Bonchev–Trinajstić information content (AvgIpc) is 2.76. The van der Waals surface area contributed by atoms with Gasteiger partial charge in [-0.2, -0.15) is 0 Å². The van der Waals surface area contributed by atoms with Gasteiger partial charge in [-0.05, 0) is 50.6 Å². The molecule has 1 aliphatic rings. The minimum absolute atomic E-state index is 0.230. The van der Waals surface area contributed by atoms with Crippen LogP contribution in [0, 0.1) is 6.92 Å². The van der Waals surface area contributed by atoms with Gasteiger partial charge in [0.15, 0.2) is 5.96 Å². The Bertz CT molecular complexity index is 809. The summed E-state index contributed by atoms with van der Waals surface area (Å²) in [6, 6.07) is 12.2. The molecular formula is C23H33N5O2. The lowest BCUT2D eigenvalue weighted by Crippen LogP contribution is -2.41. The third-order valence-electron chi connectivity index (χ3n) is 4.82. The fourth-order valence-electron chi connectivity index (χ4n) is 3.24. The van der Waals surface area contributed by atoms with Gasteiger partial charge in [0.1, 0.15) is 18.2 Å².